The van der Waals surface area contributed by atoms with Gasteiger partial charge >= 0.3 is 0 Å². The molecule has 2 rings (SSSR count). The molecule has 4 heteroatoms. The van der Waals surface area contributed by atoms with E-state index in [1.165, 1.54) is 5.56 Å². The van der Waals surface area contributed by atoms with Crippen LogP contribution in [0.3, 0.4) is 0 Å². The first kappa shape index (κ1) is 20.3. The second kappa shape index (κ2) is 9.11. The molecule has 26 heavy (non-hydrogen) atoms. The Balaban J connectivity index is 2.09. The molecule has 0 spiro atoms. The highest BCUT2D eigenvalue weighted by Gasteiger charge is 2.19. The first-order chi connectivity index (χ1) is 12.3. The van der Waals surface area contributed by atoms with E-state index in [4.69, 9.17) is 4.74 Å². The second-order valence-corrected chi connectivity index (χ2v) is 7.35. The monoisotopic (exact) mass is 364 g/mol. The fraction of sp³-hybridized carbons (Fsp3) is 0.455. The number of hydrogen-bond donors (Lipinski definition) is 0. The maximum Gasteiger partial charge on any atom is 0.191 e. The van der Waals surface area contributed by atoms with Gasteiger partial charge in [0.15, 0.2) is 17.4 Å². The number of ether oxygens (including phenoxy) is 1. The zero-order chi connectivity index (χ0) is 19.3. The topological polar surface area (TPSA) is 9.23 Å². The van der Waals surface area contributed by atoms with E-state index in [0.717, 1.165) is 18.4 Å². The van der Waals surface area contributed by atoms with Gasteiger partial charge in [-0.15, -0.1) is 0 Å². The zero-order valence-corrected chi connectivity index (χ0v) is 15.9. The van der Waals surface area contributed by atoms with Gasteiger partial charge in [-0.25, -0.2) is 13.2 Å². The minimum atomic E-state index is -1.03. The third kappa shape index (κ3) is 5.26. The average molecular weight is 364 g/mol. The van der Waals surface area contributed by atoms with E-state index in [1.54, 1.807) is 0 Å². The van der Waals surface area contributed by atoms with Crippen molar-refractivity contribution in [2.45, 2.75) is 53.1 Å². The second-order valence-electron chi connectivity index (χ2n) is 7.35. The molecule has 0 saturated heterocycles. The largest absolute Gasteiger partial charge is 0.483 e. The molecule has 142 valence electrons. The molecule has 0 N–H and O–H groups in total. The van der Waals surface area contributed by atoms with Crippen LogP contribution in [0.2, 0.25) is 0 Å². The van der Waals surface area contributed by atoms with E-state index in [2.05, 4.69) is 39.8 Å². The van der Waals surface area contributed by atoms with Gasteiger partial charge in [0.2, 0.25) is 0 Å². The average Bonchev–Trinajstić information content (AvgIpc) is 2.58. The highest BCUT2D eigenvalue weighted by Crippen LogP contribution is 2.33. The number of rotatable bonds is 8. The summed E-state index contributed by atoms with van der Waals surface area (Å²) in [6.45, 7) is 8.95. The van der Waals surface area contributed by atoms with Crippen LogP contribution < -0.4 is 4.74 Å². The molecule has 0 saturated carbocycles. The molecular formula is C22H27F3O. The molecule has 1 nitrogen and oxygen atoms in total. The molecule has 0 amide bonds. The van der Waals surface area contributed by atoms with Gasteiger partial charge in [0, 0.05) is 12.1 Å². The van der Waals surface area contributed by atoms with Crippen molar-refractivity contribution < 1.29 is 17.9 Å². The molecule has 2 atom stereocenters. The third-order valence-corrected chi connectivity index (χ3v) is 4.81. The van der Waals surface area contributed by atoms with Gasteiger partial charge in [-0.2, -0.15) is 0 Å². The van der Waals surface area contributed by atoms with E-state index in [0.29, 0.717) is 29.9 Å². The lowest BCUT2D eigenvalue weighted by atomic mass is 9.80. The summed E-state index contributed by atoms with van der Waals surface area (Å²) >= 11 is 0. The summed E-state index contributed by atoms with van der Waals surface area (Å²) in [7, 11) is 0. The first-order valence-corrected chi connectivity index (χ1v) is 9.18. The Hall–Kier alpha value is -1.97. The van der Waals surface area contributed by atoms with Gasteiger partial charge < -0.3 is 4.74 Å². The lowest BCUT2D eigenvalue weighted by Crippen LogP contribution is -2.12. The third-order valence-electron chi connectivity index (χ3n) is 4.81. The van der Waals surface area contributed by atoms with Crippen molar-refractivity contribution >= 4 is 0 Å². The van der Waals surface area contributed by atoms with Gasteiger partial charge in [0.25, 0.3) is 0 Å². The van der Waals surface area contributed by atoms with E-state index in [-0.39, 0.29) is 6.61 Å². The Morgan fingerprint density at radius 3 is 2.00 bits per heavy atom. The fourth-order valence-corrected chi connectivity index (χ4v) is 3.17. The van der Waals surface area contributed by atoms with E-state index < -0.39 is 23.2 Å². The Kier molecular flexibility index (Phi) is 7.13. The molecule has 0 radical (unpaired) electrons. The Bertz CT molecular complexity index is 687. The number of halogens is 3. The SMILES string of the molecule is CCC(C)C(CC(C)C)c1ccc(COc2c(F)cc(F)cc2F)cc1. The summed E-state index contributed by atoms with van der Waals surface area (Å²) < 4.78 is 45.4. The summed E-state index contributed by atoms with van der Waals surface area (Å²) in [5.74, 6) is -1.89. The minimum Gasteiger partial charge on any atom is -0.483 e. The van der Waals surface area contributed by atoms with Crippen molar-refractivity contribution in [2.75, 3.05) is 0 Å². The number of benzene rings is 2. The van der Waals surface area contributed by atoms with Gasteiger partial charge in [0.05, 0.1) is 0 Å². The maximum absolute atomic E-state index is 13.6. The first-order valence-electron chi connectivity index (χ1n) is 9.18. The molecule has 0 aliphatic rings. The molecule has 0 aliphatic heterocycles. The Morgan fingerprint density at radius 2 is 1.50 bits per heavy atom. The van der Waals surface area contributed by atoms with Crippen LogP contribution in [0.5, 0.6) is 5.75 Å². The van der Waals surface area contributed by atoms with Crippen LogP contribution in [0, 0.1) is 29.3 Å². The van der Waals surface area contributed by atoms with Crippen LogP contribution in [0.25, 0.3) is 0 Å². The molecule has 2 unspecified atom stereocenters. The van der Waals surface area contributed by atoms with Crippen LogP contribution in [-0.4, -0.2) is 0 Å². The summed E-state index contributed by atoms with van der Waals surface area (Å²) in [6, 6.07) is 9.20. The number of hydrogen-bond acceptors (Lipinski definition) is 1. The van der Waals surface area contributed by atoms with E-state index in [1.807, 2.05) is 12.1 Å². The molecule has 2 aromatic carbocycles. The van der Waals surface area contributed by atoms with Crippen molar-refractivity contribution in [1.82, 2.24) is 0 Å². The molecule has 0 bridgehead atoms. The van der Waals surface area contributed by atoms with Crippen LogP contribution in [0.4, 0.5) is 13.2 Å². The lowest BCUT2D eigenvalue weighted by molar-refractivity contribution is 0.272. The van der Waals surface area contributed by atoms with Crippen molar-refractivity contribution in [3.63, 3.8) is 0 Å². The van der Waals surface area contributed by atoms with Gasteiger partial charge in [-0.3, -0.25) is 0 Å². The van der Waals surface area contributed by atoms with E-state index in [9.17, 15) is 13.2 Å². The molecule has 0 aromatic heterocycles. The molecular weight excluding hydrogens is 337 g/mol. The molecule has 0 aliphatic carbocycles. The lowest BCUT2D eigenvalue weighted by Gasteiger charge is -2.25. The highest BCUT2D eigenvalue weighted by atomic mass is 19.1. The summed E-state index contributed by atoms with van der Waals surface area (Å²) in [4.78, 5) is 0. The predicted molar refractivity (Wildman–Crippen MR) is 98.7 cm³/mol. The maximum atomic E-state index is 13.6. The van der Waals surface area contributed by atoms with Crippen molar-refractivity contribution in [3.8, 4) is 5.75 Å². The Labute approximate surface area is 154 Å². The predicted octanol–water partition coefficient (Wildman–Crippen LogP) is 6.86. The molecule has 0 fully saturated rings. The zero-order valence-electron chi connectivity index (χ0n) is 15.9. The highest BCUT2D eigenvalue weighted by molar-refractivity contribution is 5.29. The molecule has 0 heterocycles. The summed E-state index contributed by atoms with van der Waals surface area (Å²) in [5, 5.41) is 0. The van der Waals surface area contributed by atoms with Gasteiger partial charge in [-0.1, -0.05) is 58.4 Å². The van der Waals surface area contributed by atoms with E-state index >= 15 is 0 Å². The standard InChI is InChI=1S/C22H27F3O/c1-5-15(4)19(10-14(2)3)17-8-6-16(7-9-17)13-26-22-20(24)11-18(23)12-21(22)25/h6-9,11-12,14-15,19H,5,10,13H2,1-4H3. The van der Waals surface area contributed by atoms with Crippen molar-refractivity contribution in [3.05, 3.63) is 65.0 Å². The quantitative estimate of drug-likeness (QED) is 0.497. The smallest absolute Gasteiger partial charge is 0.191 e. The fourth-order valence-electron chi connectivity index (χ4n) is 3.17. The van der Waals surface area contributed by atoms with Crippen LogP contribution >= 0.6 is 0 Å². The van der Waals surface area contributed by atoms with Crippen LogP contribution in [0.15, 0.2) is 36.4 Å². The minimum absolute atomic E-state index is 0.0257. The normalized spacial score (nSPS) is 13.7. The molecule has 2 aromatic rings. The van der Waals surface area contributed by atoms with Crippen molar-refractivity contribution in [2.24, 2.45) is 11.8 Å². The van der Waals surface area contributed by atoms with Gasteiger partial charge in [0.1, 0.15) is 12.4 Å². The van der Waals surface area contributed by atoms with Crippen LogP contribution in [0.1, 0.15) is 57.6 Å². The van der Waals surface area contributed by atoms with Gasteiger partial charge in [-0.05, 0) is 35.3 Å². The summed E-state index contributed by atoms with van der Waals surface area (Å²) in [6.07, 6.45) is 2.24. The van der Waals surface area contributed by atoms with Crippen molar-refractivity contribution in [1.29, 1.82) is 0 Å². The Morgan fingerprint density at radius 1 is 0.923 bits per heavy atom. The van der Waals surface area contributed by atoms with Crippen LogP contribution in [-0.2, 0) is 6.61 Å². The summed E-state index contributed by atoms with van der Waals surface area (Å²) in [5.41, 5.74) is 2.08.